The molecule has 0 aromatic carbocycles. The summed E-state index contributed by atoms with van der Waals surface area (Å²) in [7, 11) is 0. The van der Waals surface area contributed by atoms with E-state index in [0.717, 1.165) is 5.92 Å². The first-order chi connectivity index (χ1) is 3.93. The summed E-state index contributed by atoms with van der Waals surface area (Å²) in [6.45, 7) is 2.22. The summed E-state index contributed by atoms with van der Waals surface area (Å²) in [5.74, 6) is 1.08. The van der Waals surface area contributed by atoms with Crippen molar-refractivity contribution in [3.63, 3.8) is 0 Å². The predicted molar refractivity (Wildman–Crippen MR) is 36.5 cm³/mol. The van der Waals surface area contributed by atoms with Gasteiger partial charge in [-0.25, -0.2) is 0 Å². The Morgan fingerprint density at radius 2 is 2.25 bits per heavy atom. The highest BCUT2D eigenvalue weighted by molar-refractivity contribution is 4.75. The topological polar surface area (TPSA) is 0 Å². The van der Waals surface area contributed by atoms with Crippen LogP contribution in [0.15, 0.2) is 0 Å². The lowest BCUT2D eigenvalue weighted by molar-refractivity contribution is 0.310. The van der Waals surface area contributed by atoms with Gasteiger partial charge in [-0.05, 0) is 18.8 Å². The van der Waals surface area contributed by atoms with Gasteiger partial charge in [0, 0.05) is 0 Å². The summed E-state index contributed by atoms with van der Waals surface area (Å²) in [4.78, 5) is 0. The van der Waals surface area contributed by atoms with Crippen molar-refractivity contribution < 1.29 is 0 Å². The monoisotopic (exact) mass is 111 g/mol. The Kier molecular flexibility index (Phi) is 2.38. The molecular weight excluding hydrogens is 96.1 g/mol. The normalized spacial score (nSPS) is 20.6. The highest BCUT2D eigenvalue weighted by Crippen LogP contribution is 2.30. The van der Waals surface area contributed by atoms with E-state index in [1.54, 1.807) is 0 Å². The van der Waals surface area contributed by atoms with E-state index >= 15 is 0 Å². The Balaban J connectivity index is 1.86. The third-order valence-corrected chi connectivity index (χ3v) is 2.01. The lowest BCUT2D eigenvalue weighted by atomic mass is 9.82. The van der Waals surface area contributed by atoms with Gasteiger partial charge in [0.05, 0.1) is 0 Å². The number of hydrogen-bond acceptors (Lipinski definition) is 0. The van der Waals surface area contributed by atoms with Crippen molar-refractivity contribution in [1.82, 2.24) is 0 Å². The molecule has 1 saturated carbocycles. The molecule has 0 saturated heterocycles. The molecule has 0 atom stereocenters. The Bertz CT molecular complexity index is 53.1. The third kappa shape index (κ3) is 1.50. The second kappa shape index (κ2) is 3.11. The molecule has 1 aliphatic rings. The quantitative estimate of drug-likeness (QED) is 0.525. The minimum Gasteiger partial charge on any atom is -0.0651 e. The Morgan fingerprint density at radius 1 is 1.50 bits per heavy atom. The molecule has 0 spiro atoms. The standard InChI is InChI=1S/C8H15/c1-2-3-5-8-6-4-7-8/h3,8H,2,4-7H2,1H3. The maximum Gasteiger partial charge on any atom is -0.0386 e. The number of rotatable bonds is 3. The van der Waals surface area contributed by atoms with Crippen molar-refractivity contribution in [3.05, 3.63) is 6.42 Å². The van der Waals surface area contributed by atoms with Crippen LogP contribution >= 0.6 is 0 Å². The summed E-state index contributed by atoms with van der Waals surface area (Å²) in [6, 6.07) is 0. The highest BCUT2D eigenvalue weighted by Gasteiger charge is 2.15. The molecule has 0 aliphatic heterocycles. The van der Waals surface area contributed by atoms with Gasteiger partial charge in [-0.15, -0.1) is 0 Å². The molecule has 0 nitrogen and oxygen atoms in total. The Hall–Kier alpha value is 0. The molecule has 0 bridgehead atoms. The second-order valence-corrected chi connectivity index (χ2v) is 2.73. The van der Waals surface area contributed by atoms with E-state index in [4.69, 9.17) is 0 Å². The fraction of sp³-hybridized carbons (Fsp3) is 0.875. The molecule has 0 N–H and O–H groups in total. The minimum absolute atomic E-state index is 1.08. The largest absolute Gasteiger partial charge is 0.0651 e. The van der Waals surface area contributed by atoms with Crippen LogP contribution in [-0.4, -0.2) is 0 Å². The molecule has 47 valence electrons. The molecule has 0 unspecified atom stereocenters. The molecular formula is C8H15. The average molecular weight is 111 g/mol. The van der Waals surface area contributed by atoms with Gasteiger partial charge in [0.2, 0.25) is 0 Å². The summed E-state index contributed by atoms with van der Waals surface area (Å²) in [5, 5.41) is 0. The molecule has 1 fully saturated rings. The van der Waals surface area contributed by atoms with Crippen LogP contribution in [0.5, 0.6) is 0 Å². The Morgan fingerprint density at radius 3 is 2.62 bits per heavy atom. The zero-order chi connectivity index (χ0) is 5.82. The fourth-order valence-electron chi connectivity index (χ4n) is 1.13. The van der Waals surface area contributed by atoms with E-state index in [-0.39, 0.29) is 0 Å². The van der Waals surface area contributed by atoms with E-state index in [0.29, 0.717) is 0 Å². The van der Waals surface area contributed by atoms with Gasteiger partial charge < -0.3 is 0 Å². The second-order valence-electron chi connectivity index (χ2n) is 2.73. The molecule has 0 heterocycles. The van der Waals surface area contributed by atoms with Gasteiger partial charge in [0.25, 0.3) is 0 Å². The van der Waals surface area contributed by atoms with E-state index < -0.39 is 0 Å². The first-order valence-corrected chi connectivity index (χ1v) is 3.75. The van der Waals surface area contributed by atoms with Crippen LogP contribution in [-0.2, 0) is 0 Å². The predicted octanol–water partition coefficient (Wildman–Crippen LogP) is 2.79. The van der Waals surface area contributed by atoms with Gasteiger partial charge >= 0.3 is 0 Å². The summed E-state index contributed by atoms with van der Waals surface area (Å²) in [5.41, 5.74) is 0. The molecule has 0 amide bonds. The number of unbranched alkanes of at least 4 members (excludes halogenated alkanes) is 1. The maximum atomic E-state index is 2.41. The van der Waals surface area contributed by atoms with E-state index in [9.17, 15) is 0 Å². The van der Waals surface area contributed by atoms with Gasteiger partial charge in [-0.2, -0.15) is 0 Å². The van der Waals surface area contributed by atoms with Crippen LogP contribution in [0.25, 0.3) is 0 Å². The molecule has 1 radical (unpaired) electrons. The van der Waals surface area contributed by atoms with Gasteiger partial charge in [0.15, 0.2) is 0 Å². The van der Waals surface area contributed by atoms with E-state index in [1.807, 2.05) is 0 Å². The van der Waals surface area contributed by atoms with Crippen molar-refractivity contribution in [1.29, 1.82) is 0 Å². The molecule has 1 rings (SSSR count). The van der Waals surface area contributed by atoms with Crippen LogP contribution in [0.3, 0.4) is 0 Å². The van der Waals surface area contributed by atoms with Crippen LogP contribution in [0, 0.1) is 12.3 Å². The van der Waals surface area contributed by atoms with E-state index in [1.165, 1.54) is 32.1 Å². The maximum absolute atomic E-state index is 2.41. The van der Waals surface area contributed by atoms with Crippen LogP contribution < -0.4 is 0 Å². The third-order valence-electron chi connectivity index (χ3n) is 2.01. The van der Waals surface area contributed by atoms with Crippen LogP contribution in [0.4, 0.5) is 0 Å². The smallest absolute Gasteiger partial charge is 0.0386 e. The first-order valence-electron chi connectivity index (χ1n) is 3.75. The van der Waals surface area contributed by atoms with Crippen molar-refractivity contribution in [2.45, 2.75) is 39.0 Å². The first kappa shape index (κ1) is 6.12. The zero-order valence-corrected chi connectivity index (χ0v) is 5.69. The van der Waals surface area contributed by atoms with Crippen molar-refractivity contribution >= 4 is 0 Å². The lowest BCUT2D eigenvalue weighted by Crippen LogP contribution is -2.10. The van der Waals surface area contributed by atoms with Crippen molar-refractivity contribution in [2.75, 3.05) is 0 Å². The van der Waals surface area contributed by atoms with Crippen molar-refractivity contribution in [3.8, 4) is 0 Å². The molecule has 0 aromatic heterocycles. The minimum atomic E-state index is 1.08. The highest BCUT2D eigenvalue weighted by atomic mass is 14.2. The van der Waals surface area contributed by atoms with Gasteiger partial charge in [-0.1, -0.05) is 32.6 Å². The SMILES string of the molecule is CC[CH]CC1CCC1. The molecule has 0 aromatic rings. The summed E-state index contributed by atoms with van der Waals surface area (Å²) >= 11 is 0. The molecule has 0 heteroatoms. The lowest BCUT2D eigenvalue weighted by Gasteiger charge is -2.24. The number of hydrogen-bond donors (Lipinski definition) is 0. The summed E-state index contributed by atoms with van der Waals surface area (Å²) in [6.07, 6.45) is 9.53. The zero-order valence-electron chi connectivity index (χ0n) is 5.69. The van der Waals surface area contributed by atoms with E-state index in [2.05, 4.69) is 13.3 Å². The summed E-state index contributed by atoms with van der Waals surface area (Å²) < 4.78 is 0. The van der Waals surface area contributed by atoms with Crippen LogP contribution in [0.1, 0.15) is 39.0 Å². The molecule has 1 aliphatic carbocycles. The fourth-order valence-corrected chi connectivity index (χ4v) is 1.13. The Labute approximate surface area is 52.3 Å². The average Bonchev–Trinajstić information content (AvgIpc) is 1.63. The van der Waals surface area contributed by atoms with Gasteiger partial charge in [-0.3, -0.25) is 0 Å². The van der Waals surface area contributed by atoms with Gasteiger partial charge in [0.1, 0.15) is 0 Å². The molecule has 8 heavy (non-hydrogen) atoms. The van der Waals surface area contributed by atoms with Crippen molar-refractivity contribution in [2.24, 2.45) is 5.92 Å². The van der Waals surface area contributed by atoms with Crippen LogP contribution in [0.2, 0.25) is 0 Å².